The average molecular weight is 258 g/mol. The van der Waals surface area contributed by atoms with Crippen molar-refractivity contribution in [2.45, 2.75) is 59.6 Å². The highest BCUT2D eigenvalue weighted by Crippen LogP contribution is 2.20. The molecule has 0 bridgehead atoms. The van der Waals surface area contributed by atoms with Crippen molar-refractivity contribution in [1.29, 1.82) is 0 Å². The third-order valence-corrected chi connectivity index (χ3v) is 3.07. The first-order valence-corrected chi connectivity index (χ1v) is 6.09. The van der Waals surface area contributed by atoms with E-state index in [4.69, 9.17) is 0 Å². The Kier molecular flexibility index (Phi) is 4.94. The van der Waals surface area contributed by atoms with Crippen LogP contribution < -0.4 is 10.6 Å². The molecule has 0 aliphatic rings. The topological polar surface area (TPSA) is 78.4 Å². The third-order valence-electron chi connectivity index (χ3n) is 3.07. The van der Waals surface area contributed by atoms with Crippen LogP contribution in [0.1, 0.15) is 48.5 Å². The minimum Gasteiger partial charge on any atom is -0.388 e. The zero-order chi connectivity index (χ0) is 14.8. The molecular formula is C13H26N2O3. The molecule has 0 aromatic heterocycles. The Morgan fingerprint density at radius 1 is 1.00 bits per heavy atom. The van der Waals surface area contributed by atoms with Gasteiger partial charge in [-0.25, -0.2) is 0 Å². The molecule has 0 saturated carbocycles. The summed E-state index contributed by atoms with van der Waals surface area (Å²) in [5.41, 5.74) is -2.33. The van der Waals surface area contributed by atoms with Crippen molar-refractivity contribution in [2.24, 2.45) is 5.41 Å². The van der Waals surface area contributed by atoms with Crippen molar-refractivity contribution in [3.63, 3.8) is 0 Å². The van der Waals surface area contributed by atoms with E-state index in [-0.39, 0.29) is 18.4 Å². The molecule has 5 heteroatoms. The minimum atomic E-state index is -1.04. The lowest BCUT2D eigenvalue weighted by Gasteiger charge is -2.38. The summed E-state index contributed by atoms with van der Waals surface area (Å²) in [4.78, 5) is 23.3. The number of nitrogens with one attached hydrogen (secondary N) is 2. The molecule has 0 heterocycles. The van der Waals surface area contributed by atoms with Crippen molar-refractivity contribution in [1.82, 2.24) is 10.6 Å². The second-order valence-corrected chi connectivity index (χ2v) is 6.66. The number of hydrogen-bond donors (Lipinski definition) is 3. The van der Waals surface area contributed by atoms with Gasteiger partial charge in [0.05, 0.1) is 17.7 Å². The normalized spacial score (nSPS) is 13.1. The first-order chi connectivity index (χ1) is 7.77. The van der Waals surface area contributed by atoms with E-state index in [1.54, 1.807) is 48.5 Å². The summed E-state index contributed by atoms with van der Waals surface area (Å²) in [5, 5.41) is 15.2. The monoisotopic (exact) mass is 258 g/mol. The summed E-state index contributed by atoms with van der Waals surface area (Å²) in [5.74, 6) is -0.501. The maximum Gasteiger partial charge on any atom is 0.239 e. The minimum absolute atomic E-state index is 0.0877. The fourth-order valence-electron chi connectivity index (χ4n) is 0.971. The van der Waals surface area contributed by atoms with Gasteiger partial charge in [0.2, 0.25) is 11.8 Å². The molecule has 18 heavy (non-hydrogen) atoms. The van der Waals surface area contributed by atoms with E-state index in [0.29, 0.717) is 0 Å². The maximum absolute atomic E-state index is 11.7. The summed E-state index contributed by atoms with van der Waals surface area (Å²) < 4.78 is 0. The van der Waals surface area contributed by atoms with Gasteiger partial charge in [0.25, 0.3) is 0 Å². The molecule has 0 spiro atoms. The quantitative estimate of drug-likeness (QED) is 0.698. The Labute approximate surface area is 109 Å². The Hall–Kier alpha value is -1.10. The molecule has 0 aromatic rings. The fraction of sp³-hybridized carbons (Fsp3) is 0.846. The lowest BCUT2D eigenvalue weighted by Crippen LogP contribution is -2.59. The molecule has 0 unspecified atom stereocenters. The highest BCUT2D eigenvalue weighted by Gasteiger charge is 2.36. The van der Waals surface area contributed by atoms with E-state index >= 15 is 0 Å². The van der Waals surface area contributed by atoms with Gasteiger partial charge in [0, 0.05) is 5.41 Å². The van der Waals surface area contributed by atoms with E-state index in [1.165, 1.54) is 0 Å². The van der Waals surface area contributed by atoms with Gasteiger partial charge in [-0.1, -0.05) is 20.8 Å². The number of aliphatic hydroxyl groups is 1. The molecule has 3 N–H and O–H groups in total. The Morgan fingerprint density at radius 3 is 1.78 bits per heavy atom. The van der Waals surface area contributed by atoms with E-state index < -0.39 is 16.6 Å². The zero-order valence-corrected chi connectivity index (χ0v) is 12.5. The molecule has 0 saturated heterocycles. The summed E-state index contributed by atoms with van der Waals surface area (Å²) >= 11 is 0. The van der Waals surface area contributed by atoms with Gasteiger partial charge >= 0.3 is 0 Å². The predicted octanol–water partition coefficient (Wildman–Crippen LogP) is 0.814. The molecule has 0 aliphatic heterocycles. The van der Waals surface area contributed by atoms with Crippen LogP contribution in [0.3, 0.4) is 0 Å². The molecule has 0 rings (SSSR count). The third kappa shape index (κ3) is 5.04. The second kappa shape index (κ2) is 5.26. The van der Waals surface area contributed by atoms with Crippen LogP contribution in [-0.2, 0) is 9.59 Å². The van der Waals surface area contributed by atoms with Crippen LogP contribution in [0, 0.1) is 5.41 Å². The smallest absolute Gasteiger partial charge is 0.239 e. The van der Waals surface area contributed by atoms with E-state index in [1.807, 2.05) is 0 Å². The molecular weight excluding hydrogens is 232 g/mol. The van der Waals surface area contributed by atoms with Crippen LogP contribution in [-0.4, -0.2) is 34.6 Å². The van der Waals surface area contributed by atoms with E-state index in [9.17, 15) is 14.7 Å². The van der Waals surface area contributed by atoms with Gasteiger partial charge in [-0.2, -0.15) is 0 Å². The Balaban J connectivity index is 4.35. The Bertz CT molecular complexity index is 322. The van der Waals surface area contributed by atoms with Crippen LogP contribution in [0.5, 0.6) is 0 Å². The van der Waals surface area contributed by atoms with Crippen LogP contribution in [0.15, 0.2) is 0 Å². The van der Waals surface area contributed by atoms with Gasteiger partial charge in [-0.3, -0.25) is 9.59 Å². The van der Waals surface area contributed by atoms with Gasteiger partial charge in [0.15, 0.2) is 0 Å². The average Bonchev–Trinajstić information content (AvgIpc) is 2.09. The number of carbonyl (C=O) groups excluding carboxylic acids is 2. The molecule has 0 aliphatic carbocycles. The molecule has 2 amide bonds. The fourth-order valence-corrected chi connectivity index (χ4v) is 0.971. The first-order valence-electron chi connectivity index (χ1n) is 6.09. The molecule has 0 radical (unpaired) electrons. The van der Waals surface area contributed by atoms with Crippen molar-refractivity contribution < 1.29 is 14.7 Å². The standard InChI is InChI=1S/C13H26N2O3/c1-11(2,3)10(17)14-8-9(16)15-12(4,5)13(6,7)18/h18H,8H2,1-7H3,(H,14,17)(H,15,16). The number of carbonyl (C=O) groups is 2. The van der Waals surface area contributed by atoms with Crippen molar-refractivity contribution >= 4 is 11.8 Å². The van der Waals surface area contributed by atoms with Crippen molar-refractivity contribution in [2.75, 3.05) is 6.54 Å². The van der Waals surface area contributed by atoms with Crippen LogP contribution in [0.2, 0.25) is 0 Å². The van der Waals surface area contributed by atoms with Gasteiger partial charge < -0.3 is 15.7 Å². The maximum atomic E-state index is 11.7. The van der Waals surface area contributed by atoms with Gasteiger partial charge in [0.1, 0.15) is 0 Å². The van der Waals surface area contributed by atoms with Crippen molar-refractivity contribution in [3.8, 4) is 0 Å². The number of hydrogen-bond acceptors (Lipinski definition) is 3. The highest BCUT2D eigenvalue weighted by molar-refractivity contribution is 5.87. The summed E-state index contributed by atoms with van der Waals surface area (Å²) in [7, 11) is 0. The molecule has 0 aromatic carbocycles. The lowest BCUT2D eigenvalue weighted by molar-refractivity contribution is -0.132. The molecule has 0 fully saturated rings. The summed E-state index contributed by atoms with van der Waals surface area (Å²) in [6, 6.07) is 0. The van der Waals surface area contributed by atoms with Crippen LogP contribution in [0.25, 0.3) is 0 Å². The van der Waals surface area contributed by atoms with E-state index in [2.05, 4.69) is 10.6 Å². The van der Waals surface area contributed by atoms with Gasteiger partial charge in [-0.15, -0.1) is 0 Å². The first kappa shape index (κ1) is 16.9. The highest BCUT2D eigenvalue weighted by atomic mass is 16.3. The number of amides is 2. The largest absolute Gasteiger partial charge is 0.388 e. The molecule has 0 atom stereocenters. The summed E-state index contributed by atoms with van der Waals surface area (Å²) in [6.07, 6.45) is 0. The molecule has 5 nitrogen and oxygen atoms in total. The van der Waals surface area contributed by atoms with Crippen molar-refractivity contribution in [3.05, 3.63) is 0 Å². The SMILES string of the molecule is CC(C)(C)C(=O)NCC(=O)NC(C)(C)C(C)(C)O. The van der Waals surface area contributed by atoms with Crippen LogP contribution in [0.4, 0.5) is 0 Å². The zero-order valence-electron chi connectivity index (χ0n) is 12.5. The predicted molar refractivity (Wildman–Crippen MR) is 71.0 cm³/mol. The number of rotatable bonds is 4. The van der Waals surface area contributed by atoms with E-state index in [0.717, 1.165) is 0 Å². The molecule has 106 valence electrons. The summed E-state index contributed by atoms with van der Waals surface area (Å²) in [6.45, 7) is 12.0. The second-order valence-electron chi connectivity index (χ2n) is 6.66. The van der Waals surface area contributed by atoms with Crippen LogP contribution >= 0.6 is 0 Å². The van der Waals surface area contributed by atoms with Gasteiger partial charge in [-0.05, 0) is 27.7 Å². The lowest BCUT2D eigenvalue weighted by atomic mass is 9.86. The Morgan fingerprint density at radius 2 is 1.44 bits per heavy atom.